The van der Waals surface area contributed by atoms with E-state index in [0.717, 1.165) is 5.69 Å². The molecule has 0 saturated heterocycles. The molecule has 2 aromatic heterocycles. The second kappa shape index (κ2) is 11.4. The van der Waals surface area contributed by atoms with Gasteiger partial charge in [-0.1, -0.05) is 5.16 Å². The van der Waals surface area contributed by atoms with E-state index in [1.165, 1.54) is 13.1 Å². The van der Waals surface area contributed by atoms with Crippen LogP contribution in [0.25, 0.3) is 0 Å². The quantitative estimate of drug-likeness (QED) is 0.0996. The number of hydrogen-bond acceptors (Lipinski definition) is 4. The summed E-state index contributed by atoms with van der Waals surface area (Å²) in [6.45, 7) is 2.15. The molecule has 0 aromatic carbocycles. The number of carbonyl (C=O) groups is 1. The van der Waals surface area contributed by atoms with Crippen LogP contribution in [0.3, 0.4) is 0 Å². The molecule has 2 heterocycles. The Labute approximate surface area is 168 Å². The summed E-state index contributed by atoms with van der Waals surface area (Å²) in [7, 11) is 0. The standard InChI is InChI=1S/C15H16N3O3.2HI/c1-13(19)14-5-4-7-17(10-14)11-21-12-18-8-3-2-6-15(18)9-16-20;;/h2-10H,11-12H2,1H3;2*1H/q+1;;/p-1. The first kappa shape index (κ1) is 21.9. The molecular weight excluding hydrogens is 524 g/mol. The Balaban J connectivity index is 0.00000242. The van der Waals surface area contributed by atoms with E-state index in [1.807, 2.05) is 30.6 Å². The van der Waals surface area contributed by atoms with E-state index in [4.69, 9.17) is 9.94 Å². The third-order valence-corrected chi connectivity index (χ3v) is 2.90. The van der Waals surface area contributed by atoms with Crippen molar-refractivity contribution in [3.8, 4) is 0 Å². The minimum absolute atomic E-state index is 0. The SMILES string of the molecule is CC(=O)c1ccc[n+](COC[n+]2ccccc2/C=N\O)c1.[I-].[I-]. The molecule has 0 fully saturated rings. The van der Waals surface area contributed by atoms with Crippen LogP contribution in [0.1, 0.15) is 23.0 Å². The van der Waals surface area contributed by atoms with Crippen molar-refractivity contribution in [2.24, 2.45) is 5.16 Å². The molecular formula is C15H17I2N3O3. The number of hydrogen-bond donors (Lipinski definition) is 1. The van der Waals surface area contributed by atoms with Crippen molar-refractivity contribution < 1.29 is 71.8 Å². The Kier molecular flexibility index (Phi) is 10.8. The van der Waals surface area contributed by atoms with E-state index in [1.54, 1.807) is 27.5 Å². The zero-order chi connectivity index (χ0) is 15.1. The number of oxime groups is 1. The van der Waals surface area contributed by atoms with Crippen LogP contribution in [-0.2, 0) is 18.2 Å². The van der Waals surface area contributed by atoms with Gasteiger partial charge in [0, 0.05) is 18.2 Å². The Morgan fingerprint density at radius 1 is 1.22 bits per heavy atom. The predicted octanol–water partition coefficient (Wildman–Crippen LogP) is -5.09. The van der Waals surface area contributed by atoms with Crippen LogP contribution in [0.2, 0.25) is 0 Å². The molecule has 0 radical (unpaired) electrons. The molecule has 0 amide bonds. The third-order valence-electron chi connectivity index (χ3n) is 2.90. The van der Waals surface area contributed by atoms with E-state index in [-0.39, 0.29) is 53.7 Å². The van der Waals surface area contributed by atoms with Gasteiger partial charge >= 0.3 is 0 Å². The molecule has 0 aliphatic rings. The molecule has 0 saturated carbocycles. The van der Waals surface area contributed by atoms with Gasteiger partial charge in [-0.25, -0.2) is 0 Å². The van der Waals surface area contributed by atoms with Crippen molar-refractivity contribution in [2.45, 2.75) is 20.4 Å². The molecule has 124 valence electrons. The summed E-state index contributed by atoms with van der Waals surface area (Å²) in [5.41, 5.74) is 1.36. The first-order valence-corrected chi connectivity index (χ1v) is 6.44. The number of aromatic nitrogens is 2. The number of ether oxygens (including phenoxy) is 1. The number of pyridine rings is 2. The van der Waals surface area contributed by atoms with Gasteiger partial charge in [-0.15, -0.1) is 0 Å². The van der Waals surface area contributed by atoms with Crippen LogP contribution in [0, 0.1) is 0 Å². The minimum Gasteiger partial charge on any atom is -1.00 e. The summed E-state index contributed by atoms with van der Waals surface area (Å²) in [5, 5.41) is 11.6. The van der Waals surface area contributed by atoms with Crippen LogP contribution >= 0.6 is 0 Å². The summed E-state index contributed by atoms with van der Waals surface area (Å²) in [4.78, 5) is 11.3. The highest BCUT2D eigenvalue weighted by molar-refractivity contribution is 5.93. The van der Waals surface area contributed by atoms with Gasteiger partial charge in [-0.2, -0.15) is 9.13 Å². The second-order valence-corrected chi connectivity index (χ2v) is 4.47. The van der Waals surface area contributed by atoms with Gasteiger partial charge in [0.15, 0.2) is 24.4 Å². The Hall–Kier alpha value is -1.14. The van der Waals surface area contributed by atoms with Crippen molar-refractivity contribution in [1.82, 2.24) is 0 Å². The smallest absolute Gasteiger partial charge is 0.258 e. The molecule has 0 spiro atoms. The first-order valence-electron chi connectivity index (χ1n) is 6.44. The zero-order valence-electron chi connectivity index (χ0n) is 12.5. The van der Waals surface area contributed by atoms with Crippen molar-refractivity contribution in [1.29, 1.82) is 0 Å². The summed E-state index contributed by atoms with van der Waals surface area (Å²) in [6.07, 6.45) is 6.74. The minimum atomic E-state index is 0. The first-order chi connectivity index (χ1) is 10.2. The van der Waals surface area contributed by atoms with E-state index >= 15 is 0 Å². The van der Waals surface area contributed by atoms with Gasteiger partial charge in [0.1, 0.15) is 6.21 Å². The number of Topliss-reactive ketones (excluding diaryl/α,β-unsaturated/α-hetero) is 1. The molecule has 0 aliphatic heterocycles. The molecule has 8 heteroatoms. The largest absolute Gasteiger partial charge is 1.00 e. The number of carbonyl (C=O) groups excluding carboxylic acids is 1. The highest BCUT2D eigenvalue weighted by Crippen LogP contribution is 1.95. The normalized spacial score (nSPS) is 9.96. The van der Waals surface area contributed by atoms with Crippen molar-refractivity contribution >= 4 is 12.0 Å². The highest BCUT2D eigenvalue weighted by atomic mass is 127. The number of halogens is 2. The molecule has 0 unspecified atom stereocenters. The lowest BCUT2D eigenvalue weighted by Gasteiger charge is -2.01. The number of nitrogens with zero attached hydrogens (tertiary/aromatic N) is 3. The third kappa shape index (κ3) is 6.87. The molecule has 0 atom stereocenters. The van der Waals surface area contributed by atoms with Gasteiger partial charge in [0.25, 0.3) is 13.5 Å². The Morgan fingerprint density at radius 2 is 2.00 bits per heavy atom. The lowest BCUT2D eigenvalue weighted by atomic mass is 10.2. The van der Waals surface area contributed by atoms with Crippen LogP contribution in [-0.4, -0.2) is 17.2 Å². The summed E-state index contributed by atoms with van der Waals surface area (Å²) < 4.78 is 9.19. The van der Waals surface area contributed by atoms with Crippen molar-refractivity contribution in [3.63, 3.8) is 0 Å². The maximum atomic E-state index is 11.3. The zero-order valence-corrected chi connectivity index (χ0v) is 16.8. The number of rotatable bonds is 6. The van der Waals surface area contributed by atoms with Crippen LogP contribution < -0.4 is 57.1 Å². The molecule has 2 rings (SSSR count). The van der Waals surface area contributed by atoms with Crippen LogP contribution in [0.4, 0.5) is 0 Å². The summed E-state index contributed by atoms with van der Waals surface area (Å²) in [5.74, 6) is 0.0169. The van der Waals surface area contributed by atoms with Gasteiger partial charge in [0.05, 0.1) is 5.56 Å². The molecule has 2 aromatic rings. The average Bonchev–Trinajstić information content (AvgIpc) is 2.49. The Morgan fingerprint density at radius 3 is 2.70 bits per heavy atom. The molecule has 0 bridgehead atoms. The van der Waals surface area contributed by atoms with Gasteiger partial charge in [-0.05, 0) is 19.1 Å². The second-order valence-electron chi connectivity index (χ2n) is 4.47. The lowest BCUT2D eigenvalue weighted by Crippen LogP contribution is -3.00. The van der Waals surface area contributed by atoms with E-state index in [2.05, 4.69) is 5.16 Å². The van der Waals surface area contributed by atoms with Crippen molar-refractivity contribution in [2.75, 3.05) is 0 Å². The van der Waals surface area contributed by atoms with E-state index in [9.17, 15) is 4.79 Å². The van der Waals surface area contributed by atoms with Gasteiger partial charge in [-0.3, -0.25) is 9.53 Å². The average molecular weight is 541 g/mol. The van der Waals surface area contributed by atoms with Crippen molar-refractivity contribution in [3.05, 3.63) is 60.2 Å². The number of ketones is 1. The van der Waals surface area contributed by atoms with Crippen LogP contribution in [0.15, 0.2) is 54.1 Å². The maximum absolute atomic E-state index is 11.3. The van der Waals surface area contributed by atoms with Crippen LogP contribution in [0.5, 0.6) is 0 Å². The fraction of sp³-hybridized carbons (Fsp3) is 0.200. The molecule has 6 nitrogen and oxygen atoms in total. The Bertz CT molecular complexity index is 666. The monoisotopic (exact) mass is 541 g/mol. The van der Waals surface area contributed by atoms with Gasteiger partial charge < -0.3 is 53.2 Å². The lowest BCUT2D eigenvalue weighted by molar-refractivity contribution is -0.788. The van der Waals surface area contributed by atoms with E-state index < -0.39 is 0 Å². The maximum Gasteiger partial charge on any atom is 0.258 e. The predicted molar refractivity (Wildman–Crippen MR) is 73.7 cm³/mol. The fourth-order valence-electron chi connectivity index (χ4n) is 1.84. The van der Waals surface area contributed by atoms with E-state index in [0.29, 0.717) is 19.0 Å². The molecule has 0 aliphatic carbocycles. The summed E-state index contributed by atoms with van der Waals surface area (Å²) >= 11 is 0. The van der Waals surface area contributed by atoms with Gasteiger partial charge in [0.2, 0.25) is 5.69 Å². The molecule has 1 N–H and O–H groups in total. The fourth-order valence-corrected chi connectivity index (χ4v) is 1.84. The molecule has 23 heavy (non-hydrogen) atoms. The summed E-state index contributed by atoms with van der Waals surface area (Å²) in [6, 6.07) is 9.09. The highest BCUT2D eigenvalue weighted by Gasteiger charge is 2.10. The topological polar surface area (TPSA) is 66.7 Å².